The fraction of sp³-hybridized carbons (Fsp3) is 0.500. The van der Waals surface area contributed by atoms with Crippen LogP contribution in [0.4, 0.5) is 0 Å². The minimum absolute atomic E-state index is 0.392. The lowest BCUT2D eigenvalue weighted by Gasteiger charge is -2.19. The van der Waals surface area contributed by atoms with Gasteiger partial charge in [0.2, 0.25) is 0 Å². The van der Waals surface area contributed by atoms with Gasteiger partial charge in [-0.05, 0) is 30.7 Å². The molecule has 2 unspecified atom stereocenters. The van der Waals surface area contributed by atoms with Gasteiger partial charge in [-0.2, -0.15) is 0 Å². The molecule has 0 spiro atoms. The Kier molecular flexibility index (Phi) is 3.62. The van der Waals surface area contributed by atoms with Crippen molar-refractivity contribution in [3.8, 4) is 0 Å². The fourth-order valence-electron chi connectivity index (χ4n) is 2.24. The Morgan fingerprint density at radius 2 is 2.40 bits per heavy atom. The van der Waals surface area contributed by atoms with E-state index in [9.17, 15) is 0 Å². The molecule has 1 saturated heterocycles. The van der Waals surface area contributed by atoms with Crippen LogP contribution in [0.15, 0.2) is 24.3 Å². The highest BCUT2D eigenvalue weighted by atomic mass is 35.5. The maximum atomic E-state index is 5.99. The van der Waals surface area contributed by atoms with E-state index in [0.29, 0.717) is 12.0 Å². The highest BCUT2D eigenvalue weighted by Gasteiger charge is 2.27. The second-order valence-electron chi connectivity index (χ2n) is 3.99. The van der Waals surface area contributed by atoms with Crippen molar-refractivity contribution >= 4 is 11.6 Å². The molecule has 1 aromatic carbocycles. The van der Waals surface area contributed by atoms with Gasteiger partial charge in [-0.15, -0.1) is 0 Å². The van der Waals surface area contributed by atoms with Gasteiger partial charge in [-0.1, -0.05) is 23.7 Å². The lowest BCUT2D eigenvalue weighted by atomic mass is 9.95. The molecule has 15 heavy (non-hydrogen) atoms. The van der Waals surface area contributed by atoms with Crippen LogP contribution in [-0.2, 0) is 4.74 Å². The van der Waals surface area contributed by atoms with E-state index in [1.54, 1.807) is 7.11 Å². The summed E-state index contributed by atoms with van der Waals surface area (Å²) in [7, 11) is 1.76. The predicted molar refractivity (Wildman–Crippen MR) is 62.2 cm³/mol. The molecular formula is C12H16ClNO. The minimum atomic E-state index is 0.392. The molecule has 0 saturated carbocycles. The number of nitrogens with one attached hydrogen (secondary N) is 1. The molecule has 2 nitrogen and oxygen atoms in total. The Bertz CT molecular complexity index is 329. The molecule has 1 N–H and O–H groups in total. The highest BCUT2D eigenvalue weighted by Crippen LogP contribution is 2.30. The first-order valence-electron chi connectivity index (χ1n) is 5.29. The van der Waals surface area contributed by atoms with Crippen LogP contribution >= 0.6 is 11.6 Å². The Morgan fingerprint density at radius 1 is 1.53 bits per heavy atom. The number of hydrogen-bond donors (Lipinski definition) is 1. The van der Waals surface area contributed by atoms with Gasteiger partial charge >= 0.3 is 0 Å². The predicted octanol–water partition coefficient (Wildman–Crippen LogP) is 2.64. The lowest BCUT2D eigenvalue weighted by molar-refractivity contribution is 0.145. The standard InChI is InChI=1S/C12H16ClNO/c1-15-8-10-5-6-14-12(10)9-3-2-4-11(13)7-9/h2-4,7,10,12,14H,5-6,8H2,1H3. The minimum Gasteiger partial charge on any atom is -0.384 e. The topological polar surface area (TPSA) is 21.3 Å². The van der Waals surface area contributed by atoms with E-state index in [2.05, 4.69) is 11.4 Å². The van der Waals surface area contributed by atoms with Crippen LogP contribution in [0.3, 0.4) is 0 Å². The van der Waals surface area contributed by atoms with Crippen LogP contribution in [-0.4, -0.2) is 20.3 Å². The smallest absolute Gasteiger partial charge is 0.0509 e. The molecule has 1 aliphatic heterocycles. The maximum absolute atomic E-state index is 5.99. The summed E-state index contributed by atoms with van der Waals surface area (Å²) < 4.78 is 5.23. The summed E-state index contributed by atoms with van der Waals surface area (Å²) in [6.07, 6.45) is 1.17. The molecular weight excluding hydrogens is 210 g/mol. The zero-order chi connectivity index (χ0) is 10.7. The van der Waals surface area contributed by atoms with E-state index in [1.165, 1.54) is 12.0 Å². The molecule has 0 radical (unpaired) electrons. The summed E-state index contributed by atoms with van der Waals surface area (Å²) in [6.45, 7) is 1.87. The van der Waals surface area contributed by atoms with Crippen molar-refractivity contribution < 1.29 is 4.74 Å². The van der Waals surface area contributed by atoms with Crippen LogP contribution in [0.2, 0.25) is 5.02 Å². The van der Waals surface area contributed by atoms with E-state index >= 15 is 0 Å². The van der Waals surface area contributed by atoms with Crippen molar-refractivity contribution in [2.24, 2.45) is 5.92 Å². The van der Waals surface area contributed by atoms with E-state index in [-0.39, 0.29) is 0 Å². The third kappa shape index (κ3) is 2.51. The van der Waals surface area contributed by atoms with Gasteiger partial charge in [0.1, 0.15) is 0 Å². The van der Waals surface area contributed by atoms with Gasteiger partial charge in [-0.25, -0.2) is 0 Å². The van der Waals surface area contributed by atoms with Crippen LogP contribution in [0.1, 0.15) is 18.0 Å². The fourth-order valence-corrected chi connectivity index (χ4v) is 2.44. The Labute approximate surface area is 95.6 Å². The molecule has 0 aromatic heterocycles. The van der Waals surface area contributed by atoms with E-state index in [4.69, 9.17) is 16.3 Å². The molecule has 1 aromatic rings. The van der Waals surface area contributed by atoms with Gasteiger partial charge in [0, 0.05) is 24.1 Å². The second kappa shape index (κ2) is 4.97. The summed E-state index contributed by atoms with van der Waals surface area (Å²) in [5, 5.41) is 4.30. The summed E-state index contributed by atoms with van der Waals surface area (Å²) in [5.41, 5.74) is 1.27. The first kappa shape index (κ1) is 10.9. The molecule has 1 aliphatic rings. The van der Waals surface area contributed by atoms with Gasteiger partial charge in [0.25, 0.3) is 0 Å². The quantitative estimate of drug-likeness (QED) is 0.854. The average Bonchev–Trinajstić information content (AvgIpc) is 2.66. The third-order valence-corrected chi connectivity index (χ3v) is 3.17. The van der Waals surface area contributed by atoms with Crippen molar-refractivity contribution in [2.75, 3.05) is 20.3 Å². The first-order valence-corrected chi connectivity index (χ1v) is 5.67. The normalized spacial score (nSPS) is 25.7. The van der Waals surface area contributed by atoms with Gasteiger partial charge in [0.15, 0.2) is 0 Å². The first-order chi connectivity index (χ1) is 7.31. The van der Waals surface area contributed by atoms with Crippen LogP contribution in [0.25, 0.3) is 0 Å². The lowest BCUT2D eigenvalue weighted by Crippen LogP contribution is -2.20. The van der Waals surface area contributed by atoms with E-state index in [0.717, 1.165) is 18.2 Å². The van der Waals surface area contributed by atoms with Crippen molar-refractivity contribution in [3.05, 3.63) is 34.9 Å². The number of benzene rings is 1. The maximum Gasteiger partial charge on any atom is 0.0509 e. The highest BCUT2D eigenvalue weighted by molar-refractivity contribution is 6.30. The molecule has 1 heterocycles. The van der Waals surface area contributed by atoms with Crippen LogP contribution < -0.4 is 5.32 Å². The molecule has 1 fully saturated rings. The summed E-state index contributed by atoms with van der Waals surface area (Å²) >= 11 is 5.99. The zero-order valence-corrected chi connectivity index (χ0v) is 9.63. The molecule has 3 heteroatoms. The average molecular weight is 226 g/mol. The molecule has 0 bridgehead atoms. The van der Waals surface area contributed by atoms with Crippen molar-refractivity contribution in [3.63, 3.8) is 0 Å². The van der Waals surface area contributed by atoms with Crippen LogP contribution in [0.5, 0.6) is 0 Å². The third-order valence-electron chi connectivity index (χ3n) is 2.94. The molecule has 82 valence electrons. The molecule has 2 rings (SSSR count). The number of halogens is 1. The number of ether oxygens (including phenoxy) is 1. The molecule has 0 amide bonds. The molecule has 2 atom stereocenters. The summed E-state index contributed by atoms with van der Waals surface area (Å²) in [4.78, 5) is 0. The summed E-state index contributed by atoms with van der Waals surface area (Å²) in [6, 6.07) is 8.46. The summed E-state index contributed by atoms with van der Waals surface area (Å²) in [5.74, 6) is 0.563. The zero-order valence-electron chi connectivity index (χ0n) is 8.87. The Morgan fingerprint density at radius 3 is 3.13 bits per heavy atom. The number of hydrogen-bond acceptors (Lipinski definition) is 2. The largest absolute Gasteiger partial charge is 0.384 e. The van der Waals surface area contributed by atoms with Crippen molar-refractivity contribution in [1.29, 1.82) is 0 Å². The number of rotatable bonds is 3. The SMILES string of the molecule is COCC1CCNC1c1cccc(Cl)c1. The van der Waals surface area contributed by atoms with E-state index in [1.807, 2.05) is 18.2 Å². The molecule has 0 aliphatic carbocycles. The van der Waals surface area contributed by atoms with E-state index < -0.39 is 0 Å². The van der Waals surface area contributed by atoms with Crippen molar-refractivity contribution in [1.82, 2.24) is 5.32 Å². The van der Waals surface area contributed by atoms with Gasteiger partial charge in [-0.3, -0.25) is 0 Å². The Balaban J connectivity index is 2.15. The van der Waals surface area contributed by atoms with Gasteiger partial charge in [0.05, 0.1) is 6.61 Å². The number of methoxy groups -OCH3 is 1. The Hall–Kier alpha value is -0.570. The van der Waals surface area contributed by atoms with Crippen molar-refractivity contribution in [2.45, 2.75) is 12.5 Å². The van der Waals surface area contributed by atoms with Gasteiger partial charge < -0.3 is 10.1 Å². The second-order valence-corrected chi connectivity index (χ2v) is 4.43. The van der Waals surface area contributed by atoms with Crippen LogP contribution in [0, 0.1) is 5.92 Å². The monoisotopic (exact) mass is 225 g/mol.